The van der Waals surface area contributed by atoms with E-state index in [0.717, 1.165) is 17.7 Å². The van der Waals surface area contributed by atoms with E-state index in [1.807, 2.05) is 24.3 Å². The number of nitrogens with zero attached hydrogens (tertiary/aromatic N) is 1. The lowest BCUT2D eigenvalue weighted by Gasteiger charge is -2.24. The molecule has 0 saturated carbocycles. The van der Waals surface area contributed by atoms with E-state index in [-0.39, 0.29) is 16.7 Å². The van der Waals surface area contributed by atoms with E-state index in [9.17, 15) is 13.2 Å². The third-order valence-corrected chi connectivity index (χ3v) is 6.17. The second kappa shape index (κ2) is 7.63. The van der Waals surface area contributed by atoms with Crippen LogP contribution < -0.4 is 14.8 Å². The number of ether oxygens (including phenoxy) is 1. The molecule has 2 aromatic rings. The highest BCUT2D eigenvalue weighted by Crippen LogP contribution is 2.27. The number of amides is 1. The summed E-state index contributed by atoms with van der Waals surface area (Å²) in [6.45, 7) is 0.933. The average Bonchev–Trinajstić information content (AvgIpc) is 3.20. The van der Waals surface area contributed by atoms with Crippen LogP contribution in [0.4, 0.5) is 5.69 Å². The van der Waals surface area contributed by atoms with Crippen LogP contribution in [0.5, 0.6) is 5.75 Å². The lowest BCUT2D eigenvalue weighted by Crippen LogP contribution is -2.32. The molecule has 146 valence electrons. The predicted octanol–water partition coefficient (Wildman–Crippen LogP) is 2.35. The molecular weight excluding hydrogens is 378 g/mol. The fraction of sp³-hybridized carbons (Fsp3) is 0.300. The molecule has 0 spiro atoms. The minimum absolute atomic E-state index is 0.0881. The Labute approximate surface area is 163 Å². The Morgan fingerprint density at radius 3 is 2.82 bits per heavy atom. The van der Waals surface area contributed by atoms with E-state index in [2.05, 4.69) is 15.0 Å². The van der Waals surface area contributed by atoms with Gasteiger partial charge >= 0.3 is 0 Å². The Morgan fingerprint density at radius 1 is 1.14 bits per heavy atom. The molecule has 8 heteroatoms. The van der Waals surface area contributed by atoms with E-state index in [4.69, 9.17) is 4.74 Å². The number of hydrogen-bond acceptors (Lipinski definition) is 5. The van der Waals surface area contributed by atoms with Crippen LogP contribution in [0.2, 0.25) is 0 Å². The van der Waals surface area contributed by atoms with E-state index in [1.54, 1.807) is 12.1 Å². The number of carbonyl (C=O) groups is 1. The van der Waals surface area contributed by atoms with Crippen LogP contribution in [0.25, 0.3) is 0 Å². The van der Waals surface area contributed by atoms with Crippen LogP contribution in [0, 0.1) is 5.92 Å². The Kier molecular flexibility index (Phi) is 5.04. The van der Waals surface area contributed by atoms with Gasteiger partial charge in [-0.05, 0) is 42.7 Å². The number of hydrogen-bond donors (Lipinski definition) is 2. The monoisotopic (exact) mass is 399 g/mol. The summed E-state index contributed by atoms with van der Waals surface area (Å²) in [5.41, 5.74) is 1.42. The molecular formula is C20H21N3O4S. The van der Waals surface area contributed by atoms with E-state index in [1.165, 1.54) is 12.1 Å². The highest BCUT2D eigenvalue weighted by Gasteiger charge is 2.26. The van der Waals surface area contributed by atoms with Crippen molar-refractivity contribution in [3.05, 3.63) is 54.1 Å². The van der Waals surface area contributed by atoms with Crippen molar-refractivity contribution in [2.75, 3.05) is 18.5 Å². The molecule has 1 atom stereocenters. The Morgan fingerprint density at radius 2 is 2.00 bits per heavy atom. The third kappa shape index (κ3) is 4.01. The van der Waals surface area contributed by atoms with Gasteiger partial charge in [0.25, 0.3) is 10.0 Å². The number of para-hydroxylation sites is 1. The van der Waals surface area contributed by atoms with Crippen molar-refractivity contribution >= 4 is 27.5 Å². The second-order valence-electron chi connectivity index (χ2n) is 6.87. The maximum Gasteiger partial charge on any atom is 0.262 e. The summed E-state index contributed by atoms with van der Waals surface area (Å²) in [6, 6.07) is 13.9. The van der Waals surface area contributed by atoms with Gasteiger partial charge in [0.2, 0.25) is 5.91 Å². The molecule has 2 aromatic carbocycles. The summed E-state index contributed by atoms with van der Waals surface area (Å²) < 4.78 is 33.3. The van der Waals surface area contributed by atoms with Crippen molar-refractivity contribution in [3.63, 3.8) is 0 Å². The molecule has 0 bridgehead atoms. The van der Waals surface area contributed by atoms with Gasteiger partial charge in [0.15, 0.2) is 0 Å². The first kappa shape index (κ1) is 18.5. The fourth-order valence-corrected chi connectivity index (χ4v) is 4.45. The quantitative estimate of drug-likeness (QED) is 0.825. The van der Waals surface area contributed by atoms with Crippen LogP contribution in [0.15, 0.2) is 58.4 Å². The molecule has 2 N–H and O–H groups in total. The maximum absolute atomic E-state index is 12.6. The fourth-order valence-electron chi connectivity index (χ4n) is 3.32. The normalized spacial score (nSPS) is 18.6. The first-order chi connectivity index (χ1) is 13.5. The molecule has 28 heavy (non-hydrogen) atoms. The average molecular weight is 399 g/mol. The zero-order valence-electron chi connectivity index (χ0n) is 15.2. The first-order valence-electron chi connectivity index (χ1n) is 9.19. The smallest absolute Gasteiger partial charge is 0.262 e. The molecule has 4 rings (SSSR count). The van der Waals surface area contributed by atoms with Crippen LogP contribution in [-0.4, -0.2) is 33.3 Å². The zero-order valence-corrected chi connectivity index (χ0v) is 16.0. The Hall–Kier alpha value is -2.87. The van der Waals surface area contributed by atoms with Gasteiger partial charge in [-0.2, -0.15) is 0 Å². The van der Waals surface area contributed by atoms with Gasteiger partial charge in [-0.1, -0.05) is 24.3 Å². The van der Waals surface area contributed by atoms with Gasteiger partial charge in [-0.25, -0.2) is 8.42 Å². The predicted molar refractivity (Wildman–Crippen MR) is 106 cm³/mol. The van der Waals surface area contributed by atoms with E-state index >= 15 is 0 Å². The summed E-state index contributed by atoms with van der Waals surface area (Å²) in [4.78, 5) is 16.9. The number of benzene rings is 2. The van der Waals surface area contributed by atoms with Crippen molar-refractivity contribution < 1.29 is 17.9 Å². The maximum atomic E-state index is 12.6. The molecule has 0 aliphatic carbocycles. The summed E-state index contributed by atoms with van der Waals surface area (Å²) in [5, 5.41) is 2.81. The molecule has 2 heterocycles. The van der Waals surface area contributed by atoms with Gasteiger partial charge in [0.1, 0.15) is 18.2 Å². The Bertz CT molecular complexity index is 1030. The topological polar surface area (TPSA) is 96.9 Å². The van der Waals surface area contributed by atoms with Crippen molar-refractivity contribution in [2.45, 2.75) is 24.2 Å². The number of rotatable bonds is 4. The SMILES string of the molecule is O=C(Nc1cccc(S(=O)(=O)NC2=NCCC2)c1)C1COc2ccccc2C1. The summed E-state index contributed by atoms with van der Waals surface area (Å²) >= 11 is 0. The highest BCUT2D eigenvalue weighted by atomic mass is 32.2. The third-order valence-electron chi connectivity index (χ3n) is 4.79. The number of amidine groups is 1. The summed E-state index contributed by atoms with van der Waals surface area (Å²) in [6.07, 6.45) is 2.06. The van der Waals surface area contributed by atoms with Crippen molar-refractivity contribution in [2.24, 2.45) is 10.9 Å². The van der Waals surface area contributed by atoms with Crippen LogP contribution >= 0.6 is 0 Å². The lowest BCUT2D eigenvalue weighted by atomic mass is 9.96. The van der Waals surface area contributed by atoms with E-state index in [0.29, 0.717) is 37.5 Å². The molecule has 0 fully saturated rings. The summed E-state index contributed by atoms with van der Waals surface area (Å²) in [5.74, 6) is 0.756. The number of nitrogens with one attached hydrogen (secondary N) is 2. The van der Waals surface area contributed by atoms with Gasteiger partial charge in [-0.15, -0.1) is 0 Å². The number of carbonyl (C=O) groups excluding carboxylic acids is 1. The molecule has 7 nitrogen and oxygen atoms in total. The van der Waals surface area contributed by atoms with Gasteiger partial charge < -0.3 is 10.1 Å². The minimum atomic E-state index is -3.72. The Balaban J connectivity index is 1.45. The van der Waals surface area contributed by atoms with Crippen molar-refractivity contribution in [1.82, 2.24) is 4.72 Å². The molecule has 1 unspecified atom stereocenters. The molecule has 2 aliphatic heterocycles. The first-order valence-corrected chi connectivity index (χ1v) is 10.7. The zero-order chi connectivity index (χ0) is 19.6. The highest BCUT2D eigenvalue weighted by molar-refractivity contribution is 7.90. The van der Waals surface area contributed by atoms with Gasteiger partial charge in [0.05, 0.1) is 10.8 Å². The molecule has 0 radical (unpaired) electrons. The number of sulfonamides is 1. The van der Waals surface area contributed by atoms with Crippen molar-refractivity contribution in [1.29, 1.82) is 0 Å². The largest absolute Gasteiger partial charge is 0.492 e. The standard InChI is InChI=1S/C20H21N3O4S/c24-20(15-11-14-5-1-2-8-18(14)27-13-15)22-16-6-3-7-17(12-16)28(25,26)23-19-9-4-10-21-19/h1-3,5-8,12,15H,4,9-11,13H2,(H,21,23)(H,22,24). The van der Waals surface area contributed by atoms with Crippen molar-refractivity contribution in [3.8, 4) is 5.75 Å². The molecule has 1 amide bonds. The molecule has 0 aromatic heterocycles. The van der Waals surface area contributed by atoms with Crippen LogP contribution in [0.3, 0.4) is 0 Å². The number of aliphatic imine (C=N–C) groups is 1. The number of fused-ring (bicyclic) bond motifs is 1. The summed E-state index contributed by atoms with van der Waals surface area (Å²) in [7, 11) is -3.72. The van der Waals surface area contributed by atoms with Crippen LogP contribution in [0.1, 0.15) is 18.4 Å². The number of anilines is 1. The molecule has 2 aliphatic rings. The molecule has 0 saturated heterocycles. The van der Waals surface area contributed by atoms with Gasteiger partial charge in [0, 0.05) is 18.7 Å². The van der Waals surface area contributed by atoms with Crippen LogP contribution in [-0.2, 0) is 21.2 Å². The van der Waals surface area contributed by atoms with E-state index < -0.39 is 10.0 Å². The second-order valence-corrected chi connectivity index (χ2v) is 8.56. The van der Waals surface area contributed by atoms with Gasteiger partial charge in [-0.3, -0.25) is 14.5 Å². The lowest BCUT2D eigenvalue weighted by molar-refractivity contribution is -0.121. The minimum Gasteiger partial charge on any atom is -0.492 e.